The van der Waals surface area contributed by atoms with Crippen LogP contribution < -0.4 is 4.74 Å². The van der Waals surface area contributed by atoms with Gasteiger partial charge in [0.1, 0.15) is 18.0 Å². The number of carbonyl (C=O) groups excluding carboxylic acids is 1. The minimum atomic E-state index is -1.06. The maximum atomic E-state index is 9.87. The molecular weight excluding hydrogens is 244 g/mol. The molecule has 0 saturated carbocycles. The Kier molecular flexibility index (Phi) is 7.80. The van der Waals surface area contributed by atoms with Crippen molar-refractivity contribution in [2.45, 2.75) is 19.2 Å². The summed E-state index contributed by atoms with van der Waals surface area (Å²) in [4.78, 5) is 19.5. The Morgan fingerprint density at radius 2 is 1.82 bits per heavy atom. The molecule has 0 atom stereocenters. The second-order valence-electron chi connectivity index (χ2n) is 3.25. The van der Waals surface area contributed by atoms with E-state index in [9.17, 15) is 9.59 Å². The Balaban J connectivity index is 0.000000325. The maximum Gasteiger partial charge on any atom is 0.310 e. The highest BCUT2D eigenvalue weighted by Crippen LogP contribution is 2.12. The standard InChI is InChI=1S/C8H9ClO.C4H6O3/c1-10-8-4-2-7(6-9)3-5-8;1-3(5)2-4(6)7/h2-5H,6H2,1H3;2H2,1H3,(H,6,7). The fourth-order valence-corrected chi connectivity index (χ4v) is 1.11. The molecule has 0 saturated heterocycles. The van der Waals surface area contributed by atoms with Gasteiger partial charge in [0.25, 0.3) is 0 Å². The van der Waals surface area contributed by atoms with Crippen molar-refractivity contribution >= 4 is 23.4 Å². The van der Waals surface area contributed by atoms with E-state index in [4.69, 9.17) is 21.4 Å². The smallest absolute Gasteiger partial charge is 0.310 e. The first-order valence-corrected chi connectivity index (χ1v) is 5.43. The lowest BCUT2D eigenvalue weighted by Crippen LogP contribution is -2.00. The first-order valence-electron chi connectivity index (χ1n) is 4.89. The number of halogens is 1. The maximum absolute atomic E-state index is 9.87. The molecule has 0 fully saturated rings. The van der Waals surface area contributed by atoms with Gasteiger partial charge in [0.05, 0.1) is 7.11 Å². The number of aliphatic carboxylic acids is 1. The van der Waals surface area contributed by atoms with E-state index in [1.807, 2.05) is 24.3 Å². The molecule has 1 aromatic rings. The molecule has 0 aliphatic heterocycles. The van der Waals surface area contributed by atoms with Crippen molar-refractivity contribution in [3.63, 3.8) is 0 Å². The molecule has 17 heavy (non-hydrogen) atoms. The predicted octanol–water partition coefficient (Wildman–Crippen LogP) is 2.48. The normalized spacial score (nSPS) is 8.88. The summed E-state index contributed by atoms with van der Waals surface area (Å²) in [6.07, 6.45) is -0.361. The summed E-state index contributed by atoms with van der Waals surface area (Å²) in [6.45, 7) is 1.24. The number of ether oxygens (including phenoxy) is 1. The summed E-state index contributed by atoms with van der Waals surface area (Å²) in [6, 6.07) is 7.70. The summed E-state index contributed by atoms with van der Waals surface area (Å²) in [5, 5.41) is 7.86. The summed E-state index contributed by atoms with van der Waals surface area (Å²) < 4.78 is 4.97. The third-order valence-corrected chi connectivity index (χ3v) is 2.02. The number of alkyl halides is 1. The van der Waals surface area contributed by atoms with Gasteiger partial charge in [-0.1, -0.05) is 12.1 Å². The third-order valence-electron chi connectivity index (χ3n) is 1.71. The van der Waals surface area contributed by atoms with Crippen molar-refractivity contribution in [1.29, 1.82) is 0 Å². The molecule has 0 aliphatic carbocycles. The van der Waals surface area contributed by atoms with Crippen LogP contribution >= 0.6 is 11.6 Å². The lowest BCUT2D eigenvalue weighted by atomic mass is 10.2. The molecule has 94 valence electrons. The number of hydrogen-bond donors (Lipinski definition) is 1. The highest BCUT2D eigenvalue weighted by atomic mass is 35.5. The molecule has 5 heteroatoms. The first kappa shape index (κ1) is 15.5. The number of benzene rings is 1. The molecule has 0 heterocycles. The minimum Gasteiger partial charge on any atom is -0.497 e. The fraction of sp³-hybridized carbons (Fsp3) is 0.333. The number of carbonyl (C=O) groups is 2. The van der Waals surface area contributed by atoms with E-state index in [0.717, 1.165) is 11.3 Å². The second-order valence-corrected chi connectivity index (χ2v) is 3.52. The van der Waals surface area contributed by atoms with Crippen molar-refractivity contribution in [3.8, 4) is 5.75 Å². The number of ketones is 1. The Morgan fingerprint density at radius 1 is 1.29 bits per heavy atom. The SMILES string of the molecule is CC(=O)CC(=O)O.COc1ccc(CCl)cc1. The van der Waals surface area contributed by atoms with Crippen molar-refractivity contribution < 1.29 is 19.4 Å². The summed E-state index contributed by atoms with van der Waals surface area (Å²) in [5.74, 6) is 0.0538. The first-order chi connectivity index (χ1) is 7.99. The molecule has 0 amide bonds. The summed E-state index contributed by atoms with van der Waals surface area (Å²) in [7, 11) is 1.65. The highest BCUT2D eigenvalue weighted by Gasteiger charge is 1.98. The van der Waals surface area contributed by atoms with E-state index in [1.165, 1.54) is 6.92 Å². The average Bonchev–Trinajstić information content (AvgIpc) is 2.28. The molecule has 0 aliphatic rings. The van der Waals surface area contributed by atoms with Crippen molar-refractivity contribution in [3.05, 3.63) is 29.8 Å². The highest BCUT2D eigenvalue weighted by molar-refractivity contribution is 6.17. The minimum absolute atomic E-state index is 0.312. The molecule has 0 spiro atoms. The lowest BCUT2D eigenvalue weighted by Gasteiger charge is -1.98. The zero-order valence-electron chi connectivity index (χ0n) is 9.77. The van der Waals surface area contributed by atoms with Crippen LogP contribution in [0.5, 0.6) is 5.75 Å². The monoisotopic (exact) mass is 258 g/mol. The number of hydrogen-bond acceptors (Lipinski definition) is 3. The molecular formula is C12H15ClO4. The zero-order valence-corrected chi connectivity index (χ0v) is 10.5. The van der Waals surface area contributed by atoms with Gasteiger partial charge in [-0.15, -0.1) is 11.6 Å². The fourth-order valence-electron chi connectivity index (χ4n) is 0.928. The molecule has 1 N–H and O–H groups in total. The average molecular weight is 259 g/mol. The molecule has 1 aromatic carbocycles. The van der Waals surface area contributed by atoms with Gasteiger partial charge < -0.3 is 9.84 Å². The van der Waals surface area contributed by atoms with Crippen LogP contribution in [0.2, 0.25) is 0 Å². The van der Waals surface area contributed by atoms with Gasteiger partial charge in [0.2, 0.25) is 0 Å². The van der Waals surface area contributed by atoms with E-state index in [0.29, 0.717) is 5.88 Å². The van der Waals surface area contributed by atoms with Crippen LogP contribution in [0.1, 0.15) is 18.9 Å². The van der Waals surface area contributed by atoms with Gasteiger partial charge >= 0.3 is 5.97 Å². The molecule has 1 rings (SSSR count). The molecule has 0 radical (unpaired) electrons. The third kappa shape index (κ3) is 8.28. The Hall–Kier alpha value is -1.55. The predicted molar refractivity (Wildman–Crippen MR) is 65.5 cm³/mol. The summed E-state index contributed by atoms with van der Waals surface area (Å²) >= 11 is 5.58. The van der Waals surface area contributed by atoms with Gasteiger partial charge in [-0.05, 0) is 24.6 Å². The quantitative estimate of drug-likeness (QED) is 0.666. The number of Topliss-reactive ketones (excluding diaryl/α,β-unsaturated/α-hetero) is 1. The van der Waals surface area contributed by atoms with Crippen molar-refractivity contribution in [1.82, 2.24) is 0 Å². The molecule has 0 unspecified atom stereocenters. The zero-order chi connectivity index (χ0) is 13.3. The van der Waals surface area contributed by atoms with Gasteiger partial charge in [0.15, 0.2) is 0 Å². The van der Waals surface area contributed by atoms with Gasteiger partial charge in [0, 0.05) is 5.88 Å². The second kappa shape index (κ2) is 8.58. The number of carboxylic acids is 1. The van der Waals surface area contributed by atoms with E-state index in [1.54, 1.807) is 7.11 Å². The van der Waals surface area contributed by atoms with Crippen LogP contribution in [0.15, 0.2) is 24.3 Å². The summed E-state index contributed by atoms with van der Waals surface area (Å²) in [5.41, 5.74) is 1.11. The van der Waals surface area contributed by atoms with Gasteiger partial charge in [-0.25, -0.2) is 0 Å². The van der Waals surface area contributed by atoms with Crippen LogP contribution in [0.25, 0.3) is 0 Å². The molecule has 0 bridgehead atoms. The van der Waals surface area contributed by atoms with Crippen molar-refractivity contribution in [2.75, 3.05) is 7.11 Å². The van der Waals surface area contributed by atoms with Crippen LogP contribution in [-0.4, -0.2) is 24.0 Å². The van der Waals surface area contributed by atoms with Crippen LogP contribution in [0, 0.1) is 0 Å². The Bertz CT molecular complexity index is 324. The van der Waals surface area contributed by atoms with E-state index in [-0.39, 0.29) is 12.2 Å². The molecule has 4 nitrogen and oxygen atoms in total. The Morgan fingerprint density at radius 3 is 2.06 bits per heavy atom. The lowest BCUT2D eigenvalue weighted by molar-refractivity contribution is -0.139. The van der Waals surface area contributed by atoms with Crippen molar-refractivity contribution in [2.24, 2.45) is 0 Å². The van der Waals surface area contributed by atoms with Gasteiger partial charge in [-0.2, -0.15) is 0 Å². The topological polar surface area (TPSA) is 63.6 Å². The van der Waals surface area contributed by atoms with E-state index in [2.05, 4.69) is 0 Å². The van der Waals surface area contributed by atoms with E-state index < -0.39 is 5.97 Å². The van der Waals surface area contributed by atoms with E-state index >= 15 is 0 Å². The van der Waals surface area contributed by atoms with Crippen LogP contribution in [0.3, 0.4) is 0 Å². The number of rotatable bonds is 4. The van der Waals surface area contributed by atoms with Gasteiger partial charge in [-0.3, -0.25) is 9.59 Å². The number of methoxy groups -OCH3 is 1. The largest absolute Gasteiger partial charge is 0.497 e. The van der Waals surface area contributed by atoms with Crippen LogP contribution in [-0.2, 0) is 15.5 Å². The Labute approximate surface area is 105 Å². The molecule has 0 aromatic heterocycles. The van der Waals surface area contributed by atoms with Crippen LogP contribution in [0.4, 0.5) is 0 Å². The number of carboxylic acid groups (broad SMARTS) is 1.